The number of methoxy groups -OCH3 is 1. The van der Waals surface area contributed by atoms with Crippen LogP contribution in [-0.4, -0.2) is 36.9 Å². The first-order chi connectivity index (χ1) is 7.10. The highest BCUT2D eigenvalue weighted by Crippen LogP contribution is 2.01. The predicted molar refractivity (Wildman–Crippen MR) is 59.6 cm³/mol. The van der Waals surface area contributed by atoms with E-state index in [4.69, 9.17) is 9.84 Å². The summed E-state index contributed by atoms with van der Waals surface area (Å²) >= 11 is 0. The summed E-state index contributed by atoms with van der Waals surface area (Å²) in [7, 11) is 1.65. The molecule has 0 saturated carbocycles. The Bertz CT molecular complexity index is 173. The molecule has 0 spiro atoms. The number of amides is 1. The van der Waals surface area contributed by atoms with E-state index in [0.29, 0.717) is 6.42 Å². The number of hydrogen-bond acceptors (Lipinski definition) is 3. The van der Waals surface area contributed by atoms with Gasteiger partial charge in [-0.3, -0.25) is 4.79 Å². The van der Waals surface area contributed by atoms with Crippen LogP contribution in [0.5, 0.6) is 0 Å². The minimum absolute atomic E-state index is 0.0596. The Morgan fingerprint density at radius 2 is 2.07 bits per heavy atom. The van der Waals surface area contributed by atoms with Crippen molar-refractivity contribution >= 4 is 5.91 Å². The van der Waals surface area contributed by atoms with Crippen molar-refractivity contribution in [1.29, 1.82) is 0 Å². The topological polar surface area (TPSA) is 58.6 Å². The maximum Gasteiger partial charge on any atom is 0.220 e. The summed E-state index contributed by atoms with van der Waals surface area (Å²) in [5.41, 5.74) is 0. The van der Waals surface area contributed by atoms with Crippen LogP contribution in [0.2, 0.25) is 0 Å². The normalized spacial score (nSPS) is 14.7. The fourth-order valence-electron chi connectivity index (χ4n) is 1.27. The maximum absolute atomic E-state index is 11.4. The Morgan fingerprint density at radius 3 is 2.60 bits per heavy atom. The van der Waals surface area contributed by atoms with Gasteiger partial charge in [-0.2, -0.15) is 0 Å². The zero-order valence-corrected chi connectivity index (χ0v) is 9.95. The first-order valence-corrected chi connectivity index (χ1v) is 5.53. The molecular formula is C11H23NO3. The molecule has 4 nitrogen and oxygen atoms in total. The van der Waals surface area contributed by atoms with Crippen LogP contribution in [0.3, 0.4) is 0 Å². The summed E-state index contributed by atoms with van der Waals surface area (Å²) in [5, 5.41) is 11.5. The molecule has 1 amide bonds. The fraction of sp³-hybridized carbons (Fsp3) is 0.909. The fourth-order valence-corrected chi connectivity index (χ4v) is 1.27. The van der Waals surface area contributed by atoms with E-state index in [0.717, 1.165) is 19.3 Å². The van der Waals surface area contributed by atoms with Crippen molar-refractivity contribution in [3.63, 3.8) is 0 Å². The van der Waals surface area contributed by atoms with E-state index in [1.165, 1.54) is 0 Å². The Balaban J connectivity index is 3.55. The predicted octanol–water partition coefficient (Wildman–Crippen LogP) is 1.08. The molecule has 2 N–H and O–H groups in total. The number of aliphatic hydroxyl groups excluding tert-OH is 1. The SMILES string of the molecule is COC(C)CCC(=O)NC(C)CCCO. The lowest BCUT2D eigenvalue weighted by Gasteiger charge is -2.14. The number of rotatable bonds is 8. The highest BCUT2D eigenvalue weighted by atomic mass is 16.5. The summed E-state index contributed by atoms with van der Waals surface area (Å²) in [4.78, 5) is 11.4. The summed E-state index contributed by atoms with van der Waals surface area (Å²) in [6.45, 7) is 4.08. The van der Waals surface area contributed by atoms with Crippen molar-refractivity contribution < 1.29 is 14.6 Å². The molecule has 15 heavy (non-hydrogen) atoms. The van der Waals surface area contributed by atoms with Crippen LogP contribution in [0, 0.1) is 0 Å². The number of aliphatic hydroxyl groups is 1. The lowest BCUT2D eigenvalue weighted by atomic mass is 10.1. The zero-order valence-electron chi connectivity index (χ0n) is 9.95. The summed E-state index contributed by atoms with van der Waals surface area (Å²) in [6.07, 6.45) is 2.93. The molecule has 2 unspecified atom stereocenters. The van der Waals surface area contributed by atoms with Gasteiger partial charge in [0.15, 0.2) is 0 Å². The first-order valence-electron chi connectivity index (χ1n) is 5.53. The molecule has 0 heterocycles. The molecule has 0 aliphatic rings. The second kappa shape index (κ2) is 8.68. The van der Waals surface area contributed by atoms with Gasteiger partial charge in [-0.25, -0.2) is 0 Å². The Hall–Kier alpha value is -0.610. The minimum atomic E-state index is 0.0596. The van der Waals surface area contributed by atoms with Crippen molar-refractivity contribution in [3.8, 4) is 0 Å². The number of hydrogen-bond donors (Lipinski definition) is 2. The largest absolute Gasteiger partial charge is 0.396 e. The number of ether oxygens (including phenoxy) is 1. The molecule has 0 aliphatic heterocycles. The molecule has 4 heteroatoms. The van der Waals surface area contributed by atoms with Crippen LogP contribution in [-0.2, 0) is 9.53 Å². The monoisotopic (exact) mass is 217 g/mol. The van der Waals surface area contributed by atoms with Crippen LogP contribution in [0.1, 0.15) is 39.5 Å². The second-order valence-corrected chi connectivity index (χ2v) is 3.92. The molecule has 0 rings (SSSR count). The third-order valence-electron chi connectivity index (χ3n) is 2.38. The molecule has 0 radical (unpaired) electrons. The van der Waals surface area contributed by atoms with Gasteiger partial charge in [0.1, 0.15) is 0 Å². The average molecular weight is 217 g/mol. The number of nitrogens with one attached hydrogen (secondary N) is 1. The molecule has 0 aromatic carbocycles. The van der Waals surface area contributed by atoms with Gasteiger partial charge < -0.3 is 15.2 Å². The molecule has 0 fully saturated rings. The van der Waals surface area contributed by atoms with Crippen LogP contribution in [0.25, 0.3) is 0 Å². The van der Waals surface area contributed by atoms with E-state index in [-0.39, 0.29) is 24.7 Å². The van der Waals surface area contributed by atoms with Gasteiger partial charge in [0, 0.05) is 26.2 Å². The summed E-state index contributed by atoms with van der Waals surface area (Å²) in [6, 6.07) is 0.141. The number of carbonyl (C=O) groups excluding carboxylic acids is 1. The average Bonchev–Trinajstić information content (AvgIpc) is 2.22. The third-order valence-corrected chi connectivity index (χ3v) is 2.38. The van der Waals surface area contributed by atoms with Gasteiger partial charge in [0.25, 0.3) is 0 Å². The maximum atomic E-state index is 11.4. The standard InChI is InChI=1S/C11H23NO3/c1-9(5-4-8-13)12-11(14)7-6-10(2)15-3/h9-10,13H,4-8H2,1-3H3,(H,12,14). The smallest absolute Gasteiger partial charge is 0.220 e. The van der Waals surface area contributed by atoms with E-state index in [9.17, 15) is 4.79 Å². The lowest BCUT2D eigenvalue weighted by molar-refractivity contribution is -0.122. The van der Waals surface area contributed by atoms with Gasteiger partial charge in [0.05, 0.1) is 6.10 Å². The van der Waals surface area contributed by atoms with Crippen molar-refractivity contribution in [2.24, 2.45) is 0 Å². The van der Waals surface area contributed by atoms with Crippen molar-refractivity contribution in [2.75, 3.05) is 13.7 Å². The van der Waals surface area contributed by atoms with E-state index in [1.807, 2.05) is 13.8 Å². The summed E-state index contributed by atoms with van der Waals surface area (Å²) in [5.74, 6) is 0.0596. The van der Waals surface area contributed by atoms with Crippen molar-refractivity contribution in [3.05, 3.63) is 0 Å². The Morgan fingerprint density at radius 1 is 1.40 bits per heavy atom. The molecular weight excluding hydrogens is 194 g/mol. The molecule has 2 atom stereocenters. The van der Waals surface area contributed by atoms with E-state index in [1.54, 1.807) is 7.11 Å². The van der Waals surface area contributed by atoms with Crippen molar-refractivity contribution in [1.82, 2.24) is 5.32 Å². The number of carbonyl (C=O) groups is 1. The highest BCUT2D eigenvalue weighted by molar-refractivity contribution is 5.76. The van der Waals surface area contributed by atoms with Crippen LogP contribution in [0.15, 0.2) is 0 Å². The van der Waals surface area contributed by atoms with Crippen LogP contribution in [0.4, 0.5) is 0 Å². The Labute approximate surface area is 92.0 Å². The molecule has 0 aromatic heterocycles. The highest BCUT2D eigenvalue weighted by Gasteiger charge is 2.08. The van der Waals surface area contributed by atoms with Gasteiger partial charge in [-0.05, 0) is 33.1 Å². The molecule has 0 aromatic rings. The third kappa shape index (κ3) is 8.39. The van der Waals surface area contributed by atoms with E-state index >= 15 is 0 Å². The van der Waals surface area contributed by atoms with E-state index < -0.39 is 0 Å². The molecule has 0 saturated heterocycles. The minimum Gasteiger partial charge on any atom is -0.396 e. The summed E-state index contributed by atoms with van der Waals surface area (Å²) < 4.78 is 5.06. The van der Waals surface area contributed by atoms with Gasteiger partial charge in [0.2, 0.25) is 5.91 Å². The van der Waals surface area contributed by atoms with Crippen molar-refractivity contribution in [2.45, 2.75) is 51.7 Å². The molecule has 90 valence electrons. The van der Waals surface area contributed by atoms with Gasteiger partial charge in [-0.1, -0.05) is 0 Å². The quantitative estimate of drug-likeness (QED) is 0.639. The first kappa shape index (κ1) is 14.4. The Kier molecular flexibility index (Phi) is 8.33. The van der Waals surface area contributed by atoms with Gasteiger partial charge >= 0.3 is 0 Å². The van der Waals surface area contributed by atoms with Crippen LogP contribution >= 0.6 is 0 Å². The lowest BCUT2D eigenvalue weighted by Crippen LogP contribution is -2.33. The second-order valence-electron chi connectivity index (χ2n) is 3.92. The molecule has 0 bridgehead atoms. The van der Waals surface area contributed by atoms with Gasteiger partial charge in [-0.15, -0.1) is 0 Å². The van der Waals surface area contributed by atoms with Crippen LogP contribution < -0.4 is 5.32 Å². The zero-order chi connectivity index (χ0) is 11.7. The van der Waals surface area contributed by atoms with E-state index in [2.05, 4.69) is 5.32 Å². The molecule has 0 aliphatic carbocycles.